The monoisotopic (exact) mass is 286 g/mol. The molecule has 3 saturated carbocycles. The van der Waals surface area contributed by atoms with E-state index in [9.17, 15) is 9.59 Å². The summed E-state index contributed by atoms with van der Waals surface area (Å²) in [4.78, 5) is 24.1. The summed E-state index contributed by atoms with van der Waals surface area (Å²) in [5.74, 6) is 4.12. The quantitative estimate of drug-likeness (QED) is 0.676. The fourth-order valence-electron chi connectivity index (χ4n) is 6.27. The van der Waals surface area contributed by atoms with Gasteiger partial charge in [-0.1, -0.05) is 19.4 Å². The van der Waals surface area contributed by atoms with E-state index in [-0.39, 0.29) is 5.41 Å². The number of rotatable bonds is 0. The summed E-state index contributed by atoms with van der Waals surface area (Å²) in [5, 5.41) is 0. The minimum absolute atomic E-state index is 0.0212. The second kappa shape index (κ2) is 4.54. The third kappa shape index (κ3) is 1.83. The van der Waals surface area contributed by atoms with Gasteiger partial charge in [0.1, 0.15) is 5.78 Å². The Morgan fingerprint density at radius 3 is 2.71 bits per heavy atom. The van der Waals surface area contributed by atoms with Crippen molar-refractivity contribution in [2.24, 2.45) is 35.0 Å². The molecule has 4 aliphatic rings. The van der Waals surface area contributed by atoms with Crippen molar-refractivity contribution in [3.8, 4) is 0 Å². The van der Waals surface area contributed by atoms with E-state index in [0.29, 0.717) is 29.3 Å². The first-order valence-corrected chi connectivity index (χ1v) is 8.78. The van der Waals surface area contributed by atoms with Crippen LogP contribution in [0.4, 0.5) is 0 Å². The van der Waals surface area contributed by atoms with E-state index in [0.717, 1.165) is 43.9 Å². The van der Waals surface area contributed by atoms with Gasteiger partial charge in [0.05, 0.1) is 0 Å². The predicted octanol–water partition coefficient (Wildman–Crippen LogP) is 3.94. The lowest BCUT2D eigenvalue weighted by Gasteiger charge is -2.53. The summed E-state index contributed by atoms with van der Waals surface area (Å²) in [7, 11) is 0. The number of hydrogen-bond donors (Lipinski definition) is 0. The molecule has 2 nitrogen and oxygen atoms in total. The van der Waals surface area contributed by atoms with Gasteiger partial charge < -0.3 is 0 Å². The van der Waals surface area contributed by atoms with Gasteiger partial charge in [0.25, 0.3) is 0 Å². The van der Waals surface area contributed by atoms with Gasteiger partial charge in [0.2, 0.25) is 0 Å². The molecule has 0 amide bonds. The molecule has 0 heterocycles. The molecule has 0 N–H and O–H groups in total. The highest BCUT2D eigenvalue weighted by Gasteiger charge is 2.56. The molecule has 0 saturated heterocycles. The SMILES string of the molecule is C[C@H]1C[C@@H]2[C@H](CC[C@]3(C)C(=O)CC[C@@H]23)[C@H]2CCC(=O)C=C12. The van der Waals surface area contributed by atoms with Crippen LogP contribution in [0.1, 0.15) is 58.8 Å². The Morgan fingerprint density at radius 1 is 1.10 bits per heavy atom. The second-order valence-electron chi connectivity index (χ2n) is 8.24. The van der Waals surface area contributed by atoms with Crippen LogP contribution in [0.15, 0.2) is 11.6 Å². The smallest absolute Gasteiger partial charge is 0.155 e. The van der Waals surface area contributed by atoms with Gasteiger partial charge in [-0.2, -0.15) is 0 Å². The van der Waals surface area contributed by atoms with Crippen LogP contribution in [-0.2, 0) is 9.59 Å². The maximum Gasteiger partial charge on any atom is 0.155 e. The van der Waals surface area contributed by atoms with E-state index >= 15 is 0 Å². The normalized spacial score (nSPS) is 49.2. The Hall–Kier alpha value is -0.920. The molecular formula is C19H26O2. The minimum atomic E-state index is -0.0212. The molecule has 114 valence electrons. The third-order valence-corrected chi connectivity index (χ3v) is 7.37. The lowest BCUT2D eigenvalue weighted by Crippen LogP contribution is -2.48. The molecule has 0 aromatic rings. The number of carbonyl (C=O) groups excluding carboxylic acids is 2. The summed E-state index contributed by atoms with van der Waals surface area (Å²) in [6, 6.07) is 0. The Balaban J connectivity index is 1.68. The van der Waals surface area contributed by atoms with Crippen LogP contribution in [0.2, 0.25) is 0 Å². The van der Waals surface area contributed by atoms with E-state index in [2.05, 4.69) is 13.8 Å². The third-order valence-electron chi connectivity index (χ3n) is 7.37. The minimum Gasteiger partial charge on any atom is -0.299 e. The summed E-state index contributed by atoms with van der Waals surface area (Å²) in [5.41, 5.74) is 1.42. The number of Topliss-reactive ketones (excluding diaryl/α,β-unsaturated/α-hetero) is 1. The van der Waals surface area contributed by atoms with Crippen LogP contribution in [0.3, 0.4) is 0 Å². The zero-order chi connectivity index (χ0) is 14.8. The van der Waals surface area contributed by atoms with Crippen LogP contribution < -0.4 is 0 Å². The average molecular weight is 286 g/mol. The van der Waals surface area contributed by atoms with Crippen molar-refractivity contribution in [3.63, 3.8) is 0 Å². The zero-order valence-electron chi connectivity index (χ0n) is 13.2. The summed E-state index contributed by atoms with van der Waals surface area (Å²) < 4.78 is 0. The van der Waals surface area contributed by atoms with Gasteiger partial charge in [-0.15, -0.1) is 0 Å². The first-order chi connectivity index (χ1) is 10.0. The zero-order valence-corrected chi connectivity index (χ0v) is 13.2. The second-order valence-corrected chi connectivity index (χ2v) is 8.24. The maximum atomic E-state index is 12.4. The van der Waals surface area contributed by atoms with Crippen LogP contribution in [-0.4, -0.2) is 11.6 Å². The van der Waals surface area contributed by atoms with Gasteiger partial charge in [0, 0.05) is 18.3 Å². The molecule has 0 bridgehead atoms. The van der Waals surface area contributed by atoms with E-state index in [4.69, 9.17) is 0 Å². The topological polar surface area (TPSA) is 34.1 Å². The Labute approximate surface area is 127 Å². The molecular weight excluding hydrogens is 260 g/mol. The highest BCUT2D eigenvalue weighted by atomic mass is 16.1. The molecule has 2 heteroatoms. The number of fused-ring (bicyclic) bond motifs is 5. The van der Waals surface area contributed by atoms with Crippen molar-refractivity contribution in [1.29, 1.82) is 0 Å². The molecule has 6 atom stereocenters. The summed E-state index contributed by atoms with van der Waals surface area (Å²) >= 11 is 0. The largest absolute Gasteiger partial charge is 0.299 e. The molecule has 3 fully saturated rings. The molecule has 0 aliphatic heterocycles. The number of hydrogen-bond acceptors (Lipinski definition) is 2. The highest BCUT2D eigenvalue weighted by Crippen LogP contribution is 2.61. The predicted molar refractivity (Wildman–Crippen MR) is 81.6 cm³/mol. The number of allylic oxidation sites excluding steroid dienone is 1. The van der Waals surface area contributed by atoms with Gasteiger partial charge in [-0.3, -0.25) is 9.59 Å². The maximum absolute atomic E-state index is 12.4. The highest BCUT2D eigenvalue weighted by molar-refractivity contribution is 5.91. The summed E-state index contributed by atoms with van der Waals surface area (Å²) in [6.07, 6.45) is 9.20. The molecule has 21 heavy (non-hydrogen) atoms. The van der Waals surface area contributed by atoms with Crippen molar-refractivity contribution < 1.29 is 9.59 Å². The van der Waals surface area contributed by atoms with Gasteiger partial charge in [0.15, 0.2) is 5.78 Å². The van der Waals surface area contributed by atoms with Crippen molar-refractivity contribution in [2.45, 2.75) is 58.8 Å². The van der Waals surface area contributed by atoms with E-state index in [1.165, 1.54) is 18.4 Å². The van der Waals surface area contributed by atoms with Crippen LogP contribution in [0, 0.1) is 35.0 Å². The Kier molecular flexibility index (Phi) is 2.96. The van der Waals surface area contributed by atoms with Crippen molar-refractivity contribution in [2.75, 3.05) is 0 Å². The first kappa shape index (κ1) is 13.7. The molecule has 0 aromatic carbocycles. The lowest BCUT2D eigenvalue weighted by atomic mass is 9.50. The molecule has 4 aliphatic carbocycles. The standard InChI is InChI=1S/C19H26O2/c1-11-9-16-14(13-4-3-12(20)10-15(11)13)7-8-19(2)17(16)5-6-18(19)21/h10-11,13-14,16-17H,3-9H2,1-2H3/t11-,13+,14+,16+,17-,19-/m0/s1. The van der Waals surface area contributed by atoms with E-state index in [1.54, 1.807) is 0 Å². The molecule has 0 radical (unpaired) electrons. The molecule has 0 unspecified atom stereocenters. The summed E-state index contributed by atoms with van der Waals surface area (Å²) in [6.45, 7) is 4.54. The Bertz CT molecular complexity index is 532. The fourth-order valence-corrected chi connectivity index (χ4v) is 6.27. The molecule has 0 aromatic heterocycles. The van der Waals surface area contributed by atoms with Gasteiger partial charge >= 0.3 is 0 Å². The fraction of sp³-hybridized carbons (Fsp3) is 0.789. The lowest BCUT2D eigenvalue weighted by molar-refractivity contribution is -0.131. The van der Waals surface area contributed by atoms with Gasteiger partial charge in [-0.25, -0.2) is 0 Å². The Morgan fingerprint density at radius 2 is 1.90 bits per heavy atom. The van der Waals surface area contributed by atoms with Gasteiger partial charge in [-0.05, 0) is 67.8 Å². The van der Waals surface area contributed by atoms with Crippen molar-refractivity contribution >= 4 is 11.6 Å². The molecule has 4 rings (SSSR count). The first-order valence-electron chi connectivity index (χ1n) is 8.78. The van der Waals surface area contributed by atoms with Crippen molar-refractivity contribution in [1.82, 2.24) is 0 Å². The molecule has 0 spiro atoms. The van der Waals surface area contributed by atoms with Crippen LogP contribution in [0.5, 0.6) is 0 Å². The van der Waals surface area contributed by atoms with Crippen molar-refractivity contribution in [3.05, 3.63) is 11.6 Å². The number of ketones is 2. The number of carbonyl (C=O) groups is 2. The van der Waals surface area contributed by atoms with E-state index < -0.39 is 0 Å². The van der Waals surface area contributed by atoms with Crippen LogP contribution >= 0.6 is 0 Å². The average Bonchev–Trinajstić information content (AvgIpc) is 2.76. The van der Waals surface area contributed by atoms with E-state index in [1.807, 2.05) is 6.08 Å². The van der Waals surface area contributed by atoms with Crippen LogP contribution in [0.25, 0.3) is 0 Å².